The summed E-state index contributed by atoms with van der Waals surface area (Å²) in [5.41, 5.74) is 6.10. The molecule has 0 bridgehead atoms. The summed E-state index contributed by atoms with van der Waals surface area (Å²) in [6, 6.07) is 15.5. The van der Waals surface area contributed by atoms with E-state index in [0.717, 1.165) is 33.2 Å². The number of methoxy groups -OCH3 is 2. The Labute approximate surface area is 171 Å². The van der Waals surface area contributed by atoms with Crippen LogP contribution in [0.4, 0.5) is 0 Å². The minimum Gasteiger partial charge on any atom is -0.496 e. The second-order valence-corrected chi connectivity index (χ2v) is 7.20. The number of amides is 1. The number of benzene rings is 3. The van der Waals surface area contributed by atoms with Crippen LogP contribution in [0.15, 0.2) is 53.6 Å². The molecule has 0 aliphatic carbocycles. The van der Waals surface area contributed by atoms with Gasteiger partial charge in [0.15, 0.2) is 0 Å². The summed E-state index contributed by atoms with van der Waals surface area (Å²) in [6.45, 7) is 6.21. The van der Waals surface area contributed by atoms with Crippen LogP contribution in [-0.2, 0) is 0 Å². The van der Waals surface area contributed by atoms with Crippen molar-refractivity contribution in [2.75, 3.05) is 14.2 Å². The number of hydrogen-bond acceptors (Lipinski definition) is 4. The summed E-state index contributed by atoms with van der Waals surface area (Å²) < 4.78 is 10.9. The quantitative estimate of drug-likeness (QED) is 0.473. The lowest BCUT2D eigenvalue weighted by molar-refractivity contribution is 0.0952. The van der Waals surface area contributed by atoms with E-state index in [1.165, 1.54) is 0 Å². The molecule has 3 aromatic carbocycles. The van der Waals surface area contributed by atoms with Crippen LogP contribution >= 0.6 is 0 Å². The van der Waals surface area contributed by atoms with E-state index in [4.69, 9.17) is 9.47 Å². The monoisotopic (exact) mass is 390 g/mol. The van der Waals surface area contributed by atoms with Crippen molar-refractivity contribution in [1.29, 1.82) is 0 Å². The van der Waals surface area contributed by atoms with Gasteiger partial charge in [0.25, 0.3) is 5.91 Å². The van der Waals surface area contributed by atoms with E-state index < -0.39 is 0 Å². The van der Waals surface area contributed by atoms with Crippen molar-refractivity contribution in [3.63, 3.8) is 0 Å². The molecule has 0 heterocycles. The van der Waals surface area contributed by atoms with E-state index in [-0.39, 0.29) is 5.91 Å². The number of nitrogens with zero attached hydrogens (tertiary/aromatic N) is 1. The van der Waals surface area contributed by atoms with E-state index in [1.807, 2.05) is 55.5 Å². The number of nitrogens with one attached hydrogen (secondary N) is 1. The highest BCUT2D eigenvalue weighted by atomic mass is 16.5. The van der Waals surface area contributed by atoms with Crippen molar-refractivity contribution in [2.24, 2.45) is 5.10 Å². The highest BCUT2D eigenvalue weighted by Gasteiger charge is 2.14. The van der Waals surface area contributed by atoms with E-state index >= 15 is 0 Å². The Kier molecular flexibility index (Phi) is 6.17. The van der Waals surface area contributed by atoms with Gasteiger partial charge in [0.05, 0.1) is 26.0 Å². The zero-order valence-electron chi connectivity index (χ0n) is 17.4. The molecule has 0 saturated carbocycles. The van der Waals surface area contributed by atoms with Gasteiger partial charge in [-0.15, -0.1) is 0 Å². The van der Waals surface area contributed by atoms with Crippen LogP contribution in [0.5, 0.6) is 11.5 Å². The first-order chi connectivity index (χ1) is 13.9. The van der Waals surface area contributed by atoms with E-state index in [9.17, 15) is 4.79 Å². The summed E-state index contributed by atoms with van der Waals surface area (Å²) in [5, 5.41) is 6.15. The van der Waals surface area contributed by atoms with Crippen LogP contribution in [-0.4, -0.2) is 26.3 Å². The van der Waals surface area contributed by atoms with E-state index in [2.05, 4.69) is 24.4 Å². The standard InChI is InChI=1S/C24H26N2O3/c1-15(2)20-12-19(16(3)10-22(20)28-4)14-25-26-24(27)21-11-17-8-6-7-9-18(17)13-23(21)29-5/h6-15H,1-5H3,(H,26,27)/b25-14-. The number of hydrazone groups is 1. The molecule has 150 valence electrons. The molecule has 0 radical (unpaired) electrons. The van der Waals surface area contributed by atoms with Crippen molar-refractivity contribution in [2.45, 2.75) is 26.7 Å². The molecule has 3 aromatic rings. The minimum atomic E-state index is -0.320. The van der Waals surface area contributed by atoms with Crippen LogP contribution in [0, 0.1) is 6.92 Å². The van der Waals surface area contributed by atoms with Crippen LogP contribution in [0.25, 0.3) is 10.8 Å². The Balaban J connectivity index is 1.85. The Bertz CT molecular complexity index is 1070. The maximum Gasteiger partial charge on any atom is 0.275 e. The van der Waals surface area contributed by atoms with Crippen molar-refractivity contribution < 1.29 is 14.3 Å². The number of aryl methyl sites for hydroxylation is 1. The molecule has 1 amide bonds. The van der Waals surface area contributed by atoms with Crippen LogP contribution in [0.2, 0.25) is 0 Å². The molecule has 5 heteroatoms. The first-order valence-electron chi connectivity index (χ1n) is 9.53. The van der Waals surface area contributed by atoms with Gasteiger partial charge in [-0.25, -0.2) is 5.43 Å². The topological polar surface area (TPSA) is 59.9 Å². The molecule has 0 aliphatic rings. The third kappa shape index (κ3) is 4.40. The van der Waals surface area contributed by atoms with Gasteiger partial charge in [0, 0.05) is 0 Å². The largest absolute Gasteiger partial charge is 0.496 e. The number of rotatable bonds is 6. The predicted octanol–water partition coefficient (Wildman–Crippen LogP) is 5.05. The lowest BCUT2D eigenvalue weighted by Gasteiger charge is -2.14. The number of carbonyl (C=O) groups is 1. The van der Waals surface area contributed by atoms with Gasteiger partial charge >= 0.3 is 0 Å². The minimum absolute atomic E-state index is 0.314. The Morgan fingerprint density at radius 3 is 2.28 bits per heavy atom. The zero-order chi connectivity index (χ0) is 21.0. The highest BCUT2D eigenvalue weighted by Crippen LogP contribution is 2.29. The average Bonchev–Trinajstić information content (AvgIpc) is 2.73. The highest BCUT2D eigenvalue weighted by molar-refractivity contribution is 6.02. The fraction of sp³-hybridized carbons (Fsp3) is 0.250. The van der Waals surface area contributed by atoms with Gasteiger partial charge in [-0.1, -0.05) is 38.1 Å². The lowest BCUT2D eigenvalue weighted by atomic mass is 9.97. The second kappa shape index (κ2) is 8.78. The molecule has 0 atom stereocenters. The molecule has 0 unspecified atom stereocenters. The van der Waals surface area contributed by atoms with Gasteiger partial charge in [0.2, 0.25) is 0 Å². The second-order valence-electron chi connectivity index (χ2n) is 7.20. The number of ether oxygens (including phenoxy) is 2. The normalized spacial score (nSPS) is 11.2. The lowest BCUT2D eigenvalue weighted by Crippen LogP contribution is -2.18. The third-order valence-electron chi connectivity index (χ3n) is 4.92. The van der Waals surface area contributed by atoms with Gasteiger partial charge < -0.3 is 9.47 Å². The Morgan fingerprint density at radius 1 is 1.00 bits per heavy atom. The first kappa shape index (κ1) is 20.4. The fourth-order valence-corrected chi connectivity index (χ4v) is 3.27. The summed E-state index contributed by atoms with van der Waals surface area (Å²) in [5.74, 6) is 1.37. The van der Waals surface area contributed by atoms with Crippen molar-refractivity contribution in [3.8, 4) is 11.5 Å². The molecular weight excluding hydrogens is 364 g/mol. The number of hydrogen-bond donors (Lipinski definition) is 1. The summed E-state index contributed by atoms with van der Waals surface area (Å²) in [6.07, 6.45) is 1.66. The zero-order valence-corrected chi connectivity index (χ0v) is 17.4. The average molecular weight is 390 g/mol. The Morgan fingerprint density at radius 2 is 1.66 bits per heavy atom. The molecule has 0 fully saturated rings. The predicted molar refractivity (Wildman–Crippen MR) is 117 cm³/mol. The van der Waals surface area contributed by atoms with Crippen molar-refractivity contribution in [3.05, 3.63) is 70.8 Å². The number of fused-ring (bicyclic) bond motifs is 1. The SMILES string of the molecule is COc1cc2ccccc2cc1C(=O)N/N=C\c1cc(C(C)C)c(OC)cc1C. The van der Waals surface area contributed by atoms with Crippen LogP contribution in [0.1, 0.15) is 46.8 Å². The van der Waals surface area contributed by atoms with Gasteiger partial charge in [-0.2, -0.15) is 5.10 Å². The van der Waals surface area contributed by atoms with Gasteiger partial charge in [-0.3, -0.25) is 4.79 Å². The molecular formula is C24H26N2O3. The van der Waals surface area contributed by atoms with E-state index in [1.54, 1.807) is 20.4 Å². The molecule has 0 aliphatic heterocycles. The summed E-state index contributed by atoms with van der Waals surface area (Å²) >= 11 is 0. The van der Waals surface area contributed by atoms with Gasteiger partial charge in [-0.05, 0) is 64.6 Å². The van der Waals surface area contributed by atoms with E-state index in [0.29, 0.717) is 17.2 Å². The summed E-state index contributed by atoms with van der Waals surface area (Å²) in [4.78, 5) is 12.7. The molecule has 5 nitrogen and oxygen atoms in total. The summed E-state index contributed by atoms with van der Waals surface area (Å²) in [7, 11) is 3.23. The van der Waals surface area contributed by atoms with Crippen LogP contribution < -0.4 is 14.9 Å². The Hall–Kier alpha value is -3.34. The third-order valence-corrected chi connectivity index (χ3v) is 4.92. The van der Waals surface area contributed by atoms with Crippen molar-refractivity contribution in [1.82, 2.24) is 5.43 Å². The van der Waals surface area contributed by atoms with Gasteiger partial charge in [0.1, 0.15) is 11.5 Å². The molecule has 0 spiro atoms. The molecule has 0 saturated heterocycles. The maximum atomic E-state index is 12.7. The number of carbonyl (C=O) groups excluding carboxylic acids is 1. The smallest absolute Gasteiger partial charge is 0.275 e. The van der Waals surface area contributed by atoms with Crippen molar-refractivity contribution >= 4 is 22.9 Å². The molecule has 0 aromatic heterocycles. The van der Waals surface area contributed by atoms with Crippen LogP contribution in [0.3, 0.4) is 0 Å². The fourth-order valence-electron chi connectivity index (χ4n) is 3.27. The molecule has 29 heavy (non-hydrogen) atoms. The first-order valence-corrected chi connectivity index (χ1v) is 9.53. The molecule has 1 N–H and O–H groups in total. The molecule has 3 rings (SSSR count). The maximum absolute atomic E-state index is 12.7.